The quantitative estimate of drug-likeness (QED) is 0.700. The molecule has 1 rings (SSSR count). The largest absolute Gasteiger partial charge is 0.396 e. The lowest BCUT2D eigenvalue weighted by atomic mass is 10.4. The van der Waals surface area contributed by atoms with Crippen LogP contribution in [0.1, 0.15) is 0 Å². The first-order valence-electron chi connectivity index (χ1n) is 2.38. The molecule has 6 heteroatoms. The third-order valence-corrected chi connectivity index (χ3v) is 2.03. The van der Waals surface area contributed by atoms with E-state index in [0.717, 1.165) is 0 Å². The Bertz CT molecular complexity index is 236. The molecule has 0 aliphatic heterocycles. The Morgan fingerprint density at radius 3 is 2.27 bits per heavy atom. The lowest BCUT2D eigenvalue weighted by molar-refractivity contribution is 1.33. The molecule has 1 heterocycles. The maximum absolute atomic E-state index is 5.58. The van der Waals surface area contributed by atoms with Crippen molar-refractivity contribution < 1.29 is 0 Å². The summed E-state index contributed by atoms with van der Waals surface area (Å²) in [5.74, 6) is 0. The molecule has 2 N–H and O–H groups in total. The summed E-state index contributed by atoms with van der Waals surface area (Å²) in [6.45, 7) is 0. The van der Waals surface area contributed by atoms with Gasteiger partial charge in [0.05, 0.1) is 10.7 Å². The summed E-state index contributed by atoms with van der Waals surface area (Å²) in [5, 5.41) is 0.687. The lowest BCUT2D eigenvalue weighted by Gasteiger charge is -1.99. The Balaban J connectivity index is 0.000001000. The first-order valence-corrected chi connectivity index (χ1v) is 3.51. The number of hydrogen-bond acceptors (Lipinski definition) is 2. The Kier molecular flexibility index (Phi) is 4.26. The van der Waals surface area contributed by atoms with Gasteiger partial charge in [-0.1, -0.05) is 34.8 Å². The average molecular weight is 234 g/mol. The van der Waals surface area contributed by atoms with Crippen molar-refractivity contribution in [2.24, 2.45) is 0 Å². The smallest absolute Gasteiger partial charge is 0.149 e. The van der Waals surface area contributed by atoms with Crippen molar-refractivity contribution in [2.75, 3.05) is 5.73 Å². The predicted octanol–water partition coefficient (Wildman–Crippen LogP) is 3.05. The fourth-order valence-electron chi connectivity index (χ4n) is 0.456. The predicted molar refractivity (Wildman–Crippen MR) is 50.9 cm³/mol. The molecule has 0 radical (unpaired) electrons. The standard InChI is InChI=1S/C5H3Cl3N2.ClH/c6-2-1-10-5(8)3(7)4(2)9;/h1H,(H2,9,10);1H. The van der Waals surface area contributed by atoms with E-state index in [1.54, 1.807) is 0 Å². The molecular formula is C5H4Cl4N2. The van der Waals surface area contributed by atoms with Gasteiger partial charge >= 0.3 is 0 Å². The number of pyridine rings is 1. The molecule has 0 atom stereocenters. The summed E-state index contributed by atoms with van der Waals surface area (Å²) in [4.78, 5) is 3.66. The lowest BCUT2D eigenvalue weighted by Crippen LogP contribution is -1.89. The zero-order valence-electron chi connectivity index (χ0n) is 5.14. The molecule has 0 unspecified atom stereocenters. The molecule has 0 aliphatic rings. The summed E-state index contributed by atoms with van der Waals surface area (Å²) in [5.41, 5.74) is 5.66. The minimum Gasteiger partial charge on any atom is -0.396 e. The van der Waals surface area contributed by atoms with Gasteiger partial charge in [0.1, 0.15) is 10.2 Å². The molecule has 2 nitrogen and oxygen atoms in total. The van der Waals surface area contributed by atoms with E-state index in [2.05, 4.69) is 4.98 Å². The molecular weight excluding hydrogens is 230 g/mol. The van der Waals surface area contributed by atoms with Crippen LogP contribution in [-0.2, 0) is 0 Å². The zero-order chi connectivity index (χ0) is 7.72. The molecule has 0 spiro atoms. The molecule has 0 saturated heterocycles. The summed E-state index contributed by atoms with van der Waals surface area (Å²) in [6.07, 6.45) is 1.35. The third-order valence-electron chi connectivity index (χ3n) is 0.966. The average Bonchev–Trinajstić information content (AvgIpc) is 1.93. The van der Waals surface area contributed by atoms with Gasteiger partial charge in [0.15, 0.2) is 0 Å². The van der Waals surface area contributed by atoms with Crippen LogP contribution >= 0.6 is 47.2 Å². The number of rotatable bonds is 0. The first-order chi connectivity index (χ1) is 4.63. The van der Waals surface area contributed by atoms with E-state index < -0.39 is 0 Å². The molecule has 0 amide bonds. The molecule has 0 aromatic carbocycles. The summed E-state index contributed by atoms with van der Waals surface area (Å²) in [6, 6.07) is 0. The van der Waals surface area contributed by atoms with Gasteiger partial charge in [-0.15, -0.1) is 12.4 Å². The van der Waals surface area contributed by atoms with Crippen LogP contribution in [-0.4, -0.2) is 4.98 Å². The Morgan fingerprint density at radius 1 is 1.27 bits per heavy atom. The second kappa shape index (κ2) is 4.21. The van der Waals surface area contributed by atoms with Gasteiger partial charge in [0.2, 0.25) is 0 Å². The van der Waals surface area contributed by atoms with Gasteiger partial charge in [-0.25, -0.2) is 4.98 Å². The van der Waals surface area contributed by atoms with Crippen LogP contribution in [0, 0.1) is 0 Å². The van der Waals surface area contributed by atoms with Crippen molar-refractivity contribution >= 4 is 52.9 Å². The molecule has 1 aromatic heterocycles. The highest BCUT2D eigenvalue weighted by Crippen LogP contribution is 2.30. The van der Waals surface area contributed by atoms with E-state index >= 15 is 0 Å². The van der Waals surface area contributed by atoms with Crippen molar-refractivity contribution in [1.29, 1.82) is 0 Å². The van der Waals surface area contributed by atoms with E-state index in [-0.39, 0.29) is 28.3 Å². The van der Waals surface area contributed by atoms with Crippen molar-refractivity contribution in [3.63, 3.8) is 0 Å². The number of nitrogen functional groups attached to an aromatic ring is 1. The fraction of sp³-hybridized carbons (Fsp3) is 0. The molecule has 11 heavy (non-hydrogen) atoms. The van der Waals surface area contributed by atoms with Gasteiger partial charge in [0, 0.05) is 6.20 Å². The molecule has 0 fully saturated rings. The SMILES string of the molecule is Cl.Nc1c(Cl)cnc(Cl)c1Cl. The van der Waals surface area contributed by atoms with Crippen LogP contribution in [0.3, 0.4) is 0 Å². The first kappa shape index (κ1) is 11.1. The molecule has 0 bridgehead atoms. The van der Waals surface area contributed by atoms with Gasteiger partial charge in [-0.2, -0.15) is 0 Å². The van der Waals surface area contributed by atoms with Gasteiger partial charge in [-0.05, 0) is 0 Å². The second-order valence-corrected chi connectivity index (χ2v) is 2.77. The Labute approximate surface area is 85.1 Å². The summed E-state index contributed by atoms with van der Waals surface area (Å²) >= 11 is 16.6. The highest BCUT2D eigenvalue weighted by Gasteiger charge is 2.05. The molecule has 0 aliphatic carbocycles. The van der Waals surface area contributed by atoms with E-state index in [4.69, 9.17) is 40.5 Å². The van der Waals surface area contributed by atoms with E-state index in [1.165, 1.54) is 6.20 Å². The maximum Gasteiger partial charge on any atom is 0.149 e. The molecule has 62 valence electrons. The Morgan fingerprint density at radius 2 is 1.82 bits per heavy atom. The molecule has 1 aromatic rings. The number of nitrogens with zero attached hydrogens (tertiary/aromatic N) is 1. The maximum atomic E-state index is 5.58. The van der Waals surface area contributed by atoms with Crippen LogP contribution in [0.5, 0.6) is 0 Å². The summed E-state index contributed by atoms with van der Waals surface area (Å²) < 4.78 is 0. The number of anilines is 1. The normalized spacial score (nSPS) is 9.00. The number of hydrogen-bond donors (Lipinski definition) is 1. The van der Waals surface area contributed by atoms with Gasteiger partial charge < -0.3 is 5.73 Å². The zero-order valence-corrected chi connectivity index (χ0v) is 8.23. The van der Waals surface area contributed by atoms with E-state index in [1.807, 2.05) is 0 Å². The minimum atomic E-state index is 0. The van der Waals surface area contributed by atoms with Crippen molar-refractivity contribution in [3.05, 3.63) is 21.4 Å². The van der Waals surface area contributed by atoms with E-state index in [9.17, 15) is 0 Å². The van der Waals surface area contributed by atoms with E-state index in [0.29, 0.717) is 5.02 Å². The number of halogens is 4. The van der Waals surface area contributed by atoms with Gasteiger partial charge in [-0.3, -0.25) is 0 Å². The van der Waals surface area contributed by atoms with Crippen LogP contribution in [0.25, 0.3) is 0 Å². The topological polar surface area (TPSA) is 38.9 Å². The van der Waals surface area contributed by atoms with Crippen LogP contribution in [0.2, 0.25) is 15.2 Å². The minimum absolute atomic E-state index is 0. The monoisotopic (exact) mass is 232 g/mol. The number of aromatic nitrogens is 1. The summed E-state index contributed by atoms with van der Waals surface area (Å²) in [7, 11) is 0. The fourth-order valence-corrected chi connectivity index (χ4v) is 0.948. The highest BCUT2D eigenvalue weighted by atomic mass is 35.5. The van der Waals surface area contributed by atoms with Crippen molar-refractivity contribution in [3.8, 4) is 0 Å². The van der Waals surface area contributed by atoms with Crippen LogP contribution in [0.4, 0.5) is 5.69 Å². The van der Waals surface area contributed by atoms with Crippen molar-refractivity contribution in [2.45, 2.75) is 0 Å². The highest BCUT2D eigenvalue weighted by molar-refractivity contribution is 6.45. The third kappa shape index (κ3) is 2.27. The van der Waals surface area contributed by atoms with Crippen molar-refractivity contribution in [1.82, 2.24) is 4.98 Å². The van der Waals surface area contributed by atoms with Gasteiger partial charge in [0.25, 0.3) is 0 Å². The number of nitrogens with two attached hydrogens (primary N) is 1. The molecule has 0 saturated carbocycles. The van der Waals surface area contributed by atoms with Crippen LogP contribution in [0.15, 0.2) is 6.20 Å². The Hall–Kier alpha value is 0.110. The van der Waals surface area contributed by atoms with Crippen LogP contribution < -0.4 is 5.73 Å². The second-order valence-electron chi connectivity index (χ2n) is 1.62.